The molecule has 202 valence electrons. The molecule has 3 aromatic carbocycles. The van der Waals surface area contributed by atoms with Crippen LogP contribution in [0.5, 0.6) is 5.75 Å². The third-order valence-electron chi connectivity index (χ3n) is 7.17. The number of aryl methyl sites for hydroxylation is 1. The Balaban J connectivity index is 1.46. The van der Waals surface area contributed by atoms with Crippen LogP contribution in [0, 0.1) is 6.92 Å². The second kappa shape index (κ2) is 12.2. The Kier molecular flexibility index (Phi) is 8.45. The minimum atomic E-state index is -0.697. The van der Waals surface area contributed by atoms with Crippen LogP contribution in [0.3, 0.4) is 0 Å². The van der Waals surface area contributed by atoms with Gasteiger partial charge in [0, 0.05) is 36.2 Å². The van der Waals surface area contributed by atoms with Crippen LogP contribution in [-0.2, 0) is 20.9 Å². The van der Waals surface area contributed by atoms with Gasteiger partial charge in [0.05, 0.1) is 24.8 Å². The maximum absolute atomic E-state index is 13.4. The number of halogens is 1. The molecule has 3 aromatic rings. The molecule has 0 unspecified atom stereocenters. The molecule has 0 saturated carbocycles. The number of nitrogens with zero attached hydrogens (tertiary/aromatic N) is 2. The molecule has 1 amide bonds. The van der Waals surface area contributed by atoms with Gasteiger partial charge in [0.15, 0.2) is 0 Å². The topological polar surface area (TPSA) is 79.3 Å². The summed E-state index contributed by atoms with van der Waals surface area (Å²) in [6.07, 6.45) is 0. The minimum absolute atomic E-state index is 0.0983. The number of amides is 1. The lowest BCUT2D eigenvalue weighted by atomic mass is 9.94. The molecular formula is C31H31BrN2O5. The van der Waals surface area contributed by atoms with E-state index in [9.17, 15) is 14.7 Å². The number of carbonyl (C=O) groups is 2. The Hall–Kier alpha value is -3.46. The van der Waals surface area contributed by atoms with Gasteiger partial charge in [-0.05, 0) is 53.9 Å². The predicted octanol–water partition coefficient (Wildman–Crippen LogP) is 5.09. The highest BCUT2D eigenvalue weighted by Crippen LogP contribution is 2.40. The summed E-state index contributed by atoms with van der Waals surface area (Å²) in [4.78, 5) is 30.5. The fourth-order valence-corrected chi connectivity index (χ4v) is 5.50. The van der Waals surface area contributed by atoms with Crippen molar-refractivity contribution in [3.05, 3.63) is 105 Å². The third kappa shape index (κ3) is 6.08. The van der Waals surface area contributed by atoms with Crippen LogP contribution in [-0.4, -0.2) is 66.0 Å². The number of Topliss-reactive ketones (excluding diaryl/α,β-unsaturated/α-hetero) is 1. The molecule has 2 fully saturated rings. The van der Waals surface area contributed by atoms with Gasteiger partial charge in [0.2, 0.25) is 0 Å². The van der Waals surface area contributed by atoms with Crippen LogP contribution in [0.2, 0.25) is 0 Å². The first kappa shape index (κ1) is 27.1. The number of ether oxygens (including phenoxy) is 2. The Morgan fingerprint density at radius 3 is 2.49 bits per heavy atom. The first-order valence-corrected chi connectivity index (χ1v) is 13.8. The number of likely N-dealkylation sites (tertiary alicyclic amines) is 1. The Bertz CT molecular complexity index is 1380. The number of aliphatic hydroxyl groups excluding tert-OH is 1. The van der Waals surface area contributed by atoms with Gasteiger partial charge in [0.25, 0.3) is 11.7 Å². The van der Waals surface area contributed by atoms with E-state index in [0.29, 0.717) is 44.2 Å². The first-order chi connectivity index (χ1) is 18.9. The van der Waals surface area contributed by atoms with E-state index in [1.165, 1.54) is 0 Å². The van der Waals surface area contributed by atoms with E-state index in [-0.39, 0.29) is 11.3 Å². The number of carbonyl (C=O) groups excluding carboxylic acids is 2. The van der Waals surface area contributed by atoms with Crippen molar-refractivity contribution in [2.24, 2.45) is 0 Å². The van der Waals surface area contributed by atoms with Gasteiger partial charge in [-0.2, -0.15) is 0 Å². The van der Waals surface area contributed by atoms with E-state index < -0.39 is 17.7 Å². The Labute approximate surface area is 236 Å². The summed E-state index contributed by atoms with van der Waals surface area (Å²) < 4.78 is 12.2. The summed E-state index contributed by atoms with van der Waals surface area (Å²) in [6, 6.07) is 22.0. The zero-order valence-corrected chi connectivity index (χ0v) is 23.4. The molecule has 8 heteroatoms. The summed E-state index contributed by atoms with van der Waals surface area (Å²) in [5, 5.41) is 11.5. The number of ketones is 1. The summed E-state index contributed by atoms with van der Waals surface area (Å²) >= 11 is 3.51. The molecule has 5 rings (SSSR count). The molecule has 0 aliphatic carbocycles. The molecule has 1 atom stereocenters. The molecule has 1 N–H and O–H groups in total. The summed E-state index contributed by atoms with van der Waals surface area (Å²) in [5.74, 6) is -0.805. The smallest absolute Gasteiger partial charge is 0.295 e. The van der Waals surface area contributed by atoms with Crippen molar-refractivity contribution in [1.29, 1.82) is 0 Å². The van der Waals surface area contributed by atoms with Crippen LogP contribution in [0.15, 0.2) is 82.8 Å². The lowest BCUT2D eigenvalue weighted by molar-refractivity contribution is -0.140. The summed E-state index contributed by atoms with van der Waals surface area (Å²) in [5.41, 5.74) is 3.14. The standard InChI is InChI=1S/C31H31BrN2O5/c1-21-18-25(39-20-22-6-3-2-4-7-22)10-11-26(21)29(35)27-28(23-8-5-9-24(32)19-23)34(31(37)30(27)36)13-12-33-14-16-38-17-15-33/h2-11,18-19,28,35H,12-17,20H2,1H3/b29-27+/t28-/m0/s1. The van der Waals surface area contributed by atoms with E-state index in [1.807, 2.05) is 67.6 Å². The van der Waals surface area contributed by atoms with E-state index in [2.05, 4.69) is 20.8 Å². The molecule has 0 spiro atoms. The molecule has 0 radical (unpaired) electrons. The SMILES string of the molecule is Cc1cc(OCc2ccccc2)ccc1/C(O)=C1\C(=O)C(=O)N(CCN2CCOCC2)[C@H]1c1cccc(Br)c1. The molecule has 0 aromatic heterocycles. The zero-order valence-electron chi connectivity index (χ0n) is 21.8. The normalized spacial score (nSPS) is 19.4. The van der Waals surface area contributed by atoms with Crippen molar-refractivity contribution >= 4 is 33.4 Å². The first-order valence-electron chi connectivity index (χ1n) is 13.0. The highest BCUT2D eigenvalue weighted by molar-refractivity contribution is 9.10. The van der Waals surface area contributed by atoms with Crippen LogP contribution in [0.25, 0.3) is 5.76 Å². The van der Waals surface area contributed by atoms with Crippen molar-refractivity contribution in [2.45, 2.75) is 19.6 Å². The monoisotopic (exact) mass is 590 g/mol. The van der Waals surface area contributed by atoms with E-state index in [0.717, 1.165) is 34.3 Å². The Morgan fingerprint density at radius 1 is 1.00 bits per heavy atom. The highest BCUT2D eigenvalue weighted by atomic mass is 79.9. The van der Waals surface area contributed by atoms with Crippen LogP contribution >= 0.6 is 15.9 Å². The van der Waals surface area contributed by atoms with E-state index in [4.69, 9.17) is 9.47 Å². The second-order valence-electron chi connectivity index (χ2n) is 9.75. The van der Waals surface area contributed by atoms with Crippen molar-refractivity contribution in [3.8, 4) is 5.75 Å². The van der Waals surface area contributed by atoms with Crippen molar-refractivity contribution in [3.63, 3.8) is 0 Å². The van der Waals surface area contributed by atoms with Gasteiger partial charge in [-0.1, -0.05) is 58.4 Å². The summed E-state index contributed by atoms with van der Waals surface area (Å²) in [7, 11) is 0. The van der Waals surface area contributed by atoms with Gasteiger partial charge < -0.3 is 19.5 Å². The molecule has 2 aliphatic rings. The molecule has 7 nitrogen and oxygen atoms in total. The lowest BCUT2D eigenvalue weighted by Crippen LogP contribution is -2.42. The van der Waals surface area contributed by atoms with Crippen molar-refractivity contribution in [1.82, 2.24) is 9.80 Å². The van der Waals surface area contributed by atoms with E-state index >= 15 is 0 Å². The molecule has 2 saturated heterocycles. The number of hydrogen-bond donors (Lipinski definition) is 1. The number of rotatable bonds is 8. The maximum atomic E-state index is 13.4. The largest absolute Gasteiger partial charge is 0.507 e. The van der Waals surface area contributed by atoms with Crippen molar-refractivity contribution in [2.75, 3.05) is 39.4 Å². The van der Waals surface area contributed by atoms with Gasteiger partial charge in [-0.15, -0.1) is 0 Å². The second-order valence-corrected chi connectivity index (χ2v) is 10.7. The number of morpholine rings is 1. The maximum Gasteiger partial charge on any atom is 0.295 e. The number of aliphatic hydroxyl groups is 1. The Morgan fingerprint density at radius 2 is 1.77 bits per heavy atom. The summed E-state index contributed by atoms with van der Waals surface area (Å²) in [6.45, 7) is 6.12. The number of hydrogen-bond acceptors (Lipinski definition) is 6. The van der Waals surface area contributed by atoms with Gasteiger partial charge in [-0.25, -0.2) is 0 Å². The highest BCUT2D eigenvalue weighted by Gasteiger charge is 2.46. The van der Waals surface area contributed by atoms with Crippen LogP contribution in [0.4, 0.5) is 0 Å². The van der Waals surface area contributed by atoms with Crippen LogP contribution in [0.1, 0.15) is 28.3 Å². The quantitative estimate of drug-likeness (QED) is 0.224. The van der Waals surface area contributed by atoms with Gasteiger partial charge in [0.1, 0.15) is 18.1 Å². The van der Waals surface area contributed by atoms with Gasteiger partial charge in [-0.3, -0.25) is 14.5 Å². The van der Waals surface area contributed by atoms with Crippen molar-refractivity contribution < 1.29 is 24.2 Å². The average Bonchev–Trinajstić information content (AvgIpc) is 3.21. The lowest BCUT2D eigenvalue weighted by Gasteiger charge is -2.31. The number of benzene rings is 3. The predicted molar refractivity (Wildman–Crippen MR) is 152 cm³/mol. The minimum Gasteiger partial charge on any atom is -0.507 e. The van der Waals surface area contributed by atoms with E-state index in [1.54, 1.807) is 17.0 Å². The third-order valence-corrected chi connectivity index (χ3v) is 7.66. The van der Waals surface area contributed by atoms with Crippen LogP contribution < -0.4 is 4.74 Å². The fraction of sp³-hybridized carbons (Fsp3) is 0.290. The molecule has 2 heterocycles. The molecule has 0 bridgehead atoms. The average molecular weight is 592 g/mol. The molecule has 39 heavy (non-hydrogen) atoms. The fourth-order valence-electron chi connectivity index (χ4n) is 5.09. The molecular weight excluding hydrogens is 560 g/mol. The zero-order chi connectivity index (χ0) is 27.4. The molecule has 2 aliphatic heterocycles. The van der Waals surface area contributed by atoms with Gasteiger partial charge >= 0.3 is 0 Å².